The minimum atomic E-state index is -3.08. The van der Waals surface area contributed by atoms with Gasteiger partial charge in [-0.2, -0.15) is 0 Å². The predicted octanol–water partition coefficient (Wildman–Crippen LogP) is 2.02. The van der Waals surface area contributed by atoms with Gasteiger partial charge in [-0.25, -0.2) is 13.1 Å². The lowest BCUT2D eigenvalue weighted by molar-refractivity contribution is 0.372. The molecule has 1 unspecified atom stereocenters. The van der Waals surface area contributed by atoms with E-state index in [4.69, 9.17) is 0 Å². The van der Waals surface area contributed by atoms with Crippen molar-refractivity contribution in [2.45, 2.75) is 70.9 Å². The lowest BCUT2D eigenvalue weighted by Crippen LogP contribution is -2.35. The van der Waals surface area contributed by atoms with Crippen LogP contribution in [0.2, 0.25) is 0 Å². The molecular weight excluding hydrogens is 260 g/mol. The zero-order valence-electron chi connectivity index (χ0n) is 12.2. The van der Waals surface area contributed by atoms with E-state index < -0.39 is 10.0 Å². The van der Waals surface area contributed by atoms with Crippen molar-refractivity contribution < 1.29 is 8.42 Å². The Bertz CT molecular complexity index is 388. The highest BCUT2D eigenvalue weighted by molar-refractivity contribution is 7.89. The first kappa shape index (κ1) is 15.3. The van der Waals surface area contributed by atoms with E-state index in [1.807, 2.05) is 0 Å². The minimum absolute atomic E-state index is 0.157. The van der Waals surface area contributed by atoms with Gasteiger partial charge in [-0.1, -0.05) is 13.8 Å². The van der Waals surface area contributed by atoms with Crippen LogP contribution in [0.4, 0.5) is 0 Å². The molecule has 2 saturated carbocycles. The Morgan fingerprint density at radius 3 is 2.42 bits per heavy atom. The van der Waals surface area contributed by atoms with Gasteiger partial charge in [0.15, 0.2) is 0 Å². The van der Waals surface area contributed by atoms with E-state index in [-0.39, 0.29) is 11.8 Å². The lowest BCUT2D eigenvalue weighted by atomic mass is 9.92. The van der Waals surface area contributed by atoms with Crippen LogP contribution in [0, 0.1) is 5.41 Å². The average Bonchev–Trinajstić information content (AvgIpc) is 3.03. The van der Waals surface area contributed by atoms with Crippen LogP contribution in [0.25, 0.3) is 0 Å². The van der Waals surface area contributed by atoms with E-state index in [0.717, 1.165) is 44.7 Å². The summed E-state index contributed by atoms with van der Waals surface area (Å²) in [6, 6.07) is 0.875. The van der Waals surface area contributed by atoms with Gasteiger partial charge in [-0.05, 0) is 56.9 Å². The lowest BCUT2D eigenvalue weighted by Gasteiger charge is -2.17. The molecule has 0 aliphatic heterocycles. The highest BCUT2D eigenvalue weighted by Crippen LogP contribution is 2.37. The third kappa shape index (κ3) is 5.79. The summed E-state index contributed by atoms with van der Waals surface area (Å²) in [4.78, 5) is 0. The van der Waals surface area contributed by atoms with Crippen LogP contribution in [-0.2, 0) is 10.0 Å². The largest absolute Gasteiger partial charge is 0.314 e. The molecule has 2 aliphatic rings. The molecule has 4 nitrogen and oxygen atoms in total. The van der Waals surface area contributed by atoms with Crippen molar-refractivity contribution in [3.63, 3.8) is 0 Å². The summed E-state index contributed by atoms with van der Waals surface area (Å²) in [7, 11) is -3.08. The second kappa shape index (κ2) is 6.10. The average molecular weight is 288 g/mol. The summed E-state index contributed by atoms with van der Waals surface area (Å²) < 4.78 is 26.8. The van der Waals surface area contributed by atoms with Gasteiger partial charge in [0.25, 0.3) is 0 Å². The first-order valence-electron chi connectivity index (χ1n) is 7.60. The molecule has 0 aromatic heterocycles. The second-order valence-corrected chi connectivity index (χ2v) is 8.85. The van der Waals surface area contributed by atoms with Gasteiger partial charge in [0.05, 0.1) is 5.75 Å². The van der Waals surface area contributed by atoms with E-state index in [2.05, 4.69) is 23.9 Å². The minimum Gasteiger partial charge on any atom is -0.314 e. The molecule has 2 N–H and O–H groups in total. The number of nitrogens with one attached hydrogen (secondary N) is 2. The molecule has 0 spiro atoms. The molecular formula is C14H28N2O2S. The summed E-state index contributed by atoms with van der Waals surface area (Å²) in [5.74, 6) is 0.274. The summed E-state index contributed by atoms with van der Waals surface area (Å²) in [5, 5.41) is 3.41. The Morgan fingerprint density at radius 2 is 1.84 bits per heavy atom. The third-order valence-electron chi connectivity index (χ3n) is 4.16. The third-order valence-corrected chi connectivity index (χ3v) is 5.68. The molecule has 5 heteroatoms. The van der Waals surface area contributed by atoms with Crippen LogP contribution in [0.3, 0.4) is 0 Å². The van der Waals surface area contributed by atoms with Crippen molar-refractivity contribution in [3.8, 4) is 0 Å². The van der Waals surface area contributed by atoms with Crippen molar-refractivity contribution in [1.29, 1.82) is 0 Å². The highest BCUT2D eigenvalue weighted by atomic mass is 32.2. The summed E-state index contributed by atoms with van der Waals surface area (Å²) in [5.41, 5.74) is 0.293. The summed E-state index contributed by atoms with van der Waals surface area (Å²) >= 11 is 0. The van der Waals surface area contributed by atoms with Gasteiger partial charge in [-0.15, -0.1) is 0 Å². The molecule has 0 saturated heterocycles. The van der Waals surface area contributed by atoms with E-state index in [1.54, 1.807) is 0 Å². The van der Waals surface area contributed by atoms with Gasteiger partial charge in [0.1, 0.15) is 0 Å². The van der Waals surface area contributed by atoms with Gasteiger partial charge in [-0.3, -0.25) is 0 Å². The van der Waals surface area contributed by atoms with Crippen LogP contribution in [0.15, 0.2) is 0 Å². The molecule has 2 aliphatic carbocycles. The molecule has 112 valence electrons. The van der Waals surface area contributed by atoms with Crippen LogP contribution < -0.4 is 10.0 Å². The molecule has 19 heavy (non-hydrogen) atoms. The van der Waals surface area contributed by atoms with Crippen molar-refractivity contribution in [2.24, 2.45) is 5.41 Å². The molecule has 0 amide bonds. The van der Waals surface area contributed by atoms with E-state index in [0.29, 0.717) is 5.41 Å². The molecule has 0 aromatic carbocycles. The van der Waals surface area contributed by atoms with Crippen LogP contribution in [0.5, 0.6) is 0 Å². The quantitative estimate of drug-likeness (QED) is 0.672. The predicted molar refractivity (Wildman–Crippen MR) is 78.6 cm³/mol. The zero-order chi connectivity index (χ0) is 13.9. The van der Waals surface area contributed by atoms with Gasteiger partial charge < -0.3 is 5.32 Å². The molecule has 2 fully saturated rings. The Labute approximate surface area is 117 Å². The Morgan fingerprint density at radius 1 is 1.11 bits per heavy atom. The fraction of sp³-hybridized carbons (Fsp3) is 1.00. The molecule has 0 radical (unpaired) electrons. The van der Waals surface area contributed by atoms with Gasteiger partial charge in [0.2, 0.25) is 10.0 Å². The number of hydrogen-bond donors (Lipinski definition) is 2. The zero-order valence-corrected chi connectivity index (χ0v) is 13.1. The fourth-order valence-corrected chi connectivity index (χ4v) is 4.27. The number of rotatable bonds is 8. The second-order valence-electron chi connectivity index (χ2n) is 6.98. The van der Waals surface area contributed by atoms with Crippen molar-refractivity contribution in [1.82, 2.24) is 10.0 Å². The standard InChI is InChI=1S/C14H28N2O2S/c1-14(2)8-7-13(11-14)16-19(17,18)10-4-3-9-15-12-5-6-12/h12-13,15-16H,3-11H2,1-2H3. The Hall–Kier alpha value is -0.130. The first-order chi connectivity index (χ1) is 8.86. The Balaban J connectivity index is 1.61. The van der Waals surface area contributed by atoms with Crippen LogP contribution >= 0.6 is 0 Å². The molecule has 0 bridgehead atoms. The van der Waals surface area contributed by atoms with Crippen molar-refractivity contribution in [3.05, 3.63) is 0 Å². The first-order valence-corrected chi connectivity index (χ1v) is 9.25. The molecule has 0 heterocycles. The monoisotopic (exact) mass is 288 g/mol. The fourth-order valence-electron chi connectivity index (χ4n) is 2.86. The van der Waals surface area contributed by atoms with E-state index in [1.165, 1.54) is 12.8 Å². The van der Waals surface area contributed by atoms with Gasteiger partial charge >= 0.3 is 0 Å². The molecule has 0 aromatic rings. The van der Waals surface area contributed by atoms with E-state index in [9.17, 15) is 8.42 Å². The normalized spacial score (nSPS) is 26.7. The molecule has 2 rings (SSSR count). The van der Waals surface area contributed by atoms with Gasteiger partial charge in [0, 0.05) is 12.1 Å². The van der Waals surface area contributed by atoms with Crippen molar-refractivity contribution >= 4 is 10.0 Å². The van der Waals surface area contributed by atoms with E-state index >= 15 is 0 Å². The maximum absolute atomic E-state index is 12.0. The highest BCUT2D eigenvalue weighted by Gasteiger charge is 2.32. The SMILES string of the molecule is CC1(C)CCC(NS(=O)(=O)CCCCNC2CC2)C1. The summed E-state index contributed by atoms with van der Waals surface area (Å²) in [6.45, 7) is 5.38. The maximum atomic E-state index is 12.0. The number of unbranched alkanes of at least 4 members (excludes halogenated alkanes) is 1. The van der Waals surface area contributed by atoms with Crippen molar-refractivity contribution in [2.75, 3.05) is 12.3 Å². The Kier molecular flexibility index (Phi) is 4.90. The number of hydrogen-bond acceptors (Lipinski definition) is 3. The molecule has 1 atom stereocenters. The summed E-state index contributed by atoms with van der Waals surface area (Å²) in [6.07, 6.45) is 7.35. The number of sulfonamides is 1. The smallest absolute Gasteiger partial charge is 0.211 e. The van der Waals surface area contributed by atoms with Crippen LogP contribution in [0.1, 0.15) is 58.8 Å². The maximum Gasteiger partial charge on any atom is 0.211 e. The van der Waals surface area contributed by atoms with Crippen LogP contribution in [-0.4, -0.2) is 32.8 Å². The topological polar surface area (TPSA) is 58.2 Å².